The van der Waals surface area contributed by atoms with Gasteiger partial charge in [0.05, 0.1) is 30.2 Å². The van der Waals surface area contributed by atoms with Crippen molar-refractivity contribution >= 4 is 15.8 Å². The zero-order chi connectivity index (χ0) is 22.3. The molecule has 0 amide bonds. The summed E-state index contributed by atoms with van der Waals surface area (Å²) in [6, 6.07) is 15.8. The molecule has 1 heterocycles. The molecule has 0 aliphatic carbocycles. The lowest BCUT2D eigenvalue weighted by atomic mass is 10.1. The zero-order valence-corrected chi connectivity index (χ0v) is 18.4. The van der Waals surface area contributed by atoms with Crippen LogP contribution in [0.2, 0.25) is 0 Å². The molecule has 0 saturated heterocycles. The van der Waals surface area contributed by atoms with Crippen LogP contribution in [0.5, 0.6) is 0 Å². The molecular formula is C22H26FN5O2S. The second-order valence-corrected chi connectivity index (χ2v) is 9.26. The Labute approximate surface area is 181 Å². The van der Waals surface area contributed by atoms with Crippen LogP contribution in [-0.2, 0) is 28.7 Å². The molecule has 0 spiro atoms. The molecule has 0 saturated carbocycles. The summed E-state index contributed by atoms with van der Waals surface area (Å²) >= 11 is 0. The highest BCUT2D eigenvalue weighted by Gasteiger charge is 2.11. The summed E-state index contributed by atoms with van der Waals surface area (Å²) in [5.74, 6) is -0.0443. The van der Waals surface area contributed by atoms with Gasteiger partial charge in [-0.3, -0.25) is 0 Å². The van der Waals surface area contributed by atoms with E-state index < -0.39 is 15.7 Å². The number of aliphatic imine (C=N–C) groups is 1. The van der Waals surface area contributed by atoms with Crippen LogP contribution in [0.3, 0.4) is 0 Å². The van der Waals surface area contributed by atoms with Crippen LogP contribution >= 0.6 is 0 Å². The third-order valence-electron chi connectivity index (χ3n) is 4.44. The van der Waals surface area contributed by atoms with Crippen molar-refractivity contribution in [2.24, 2.45) is 4.99 Å². The van der Waals surface area contributed by atoms with Crippen molar-refractivity contribution in [3.05, 3.63) is 83.4 Å². The molecule has 0 aliphatic heterocycles. The molecule has 164 valence electrons. The lowest BCUT2D eigenvalue weighted by Gasteiger charge is -2.12. The Morgan fingerprint density at radius 3 is 2.58 bits per heavy atom. The molecule has 2 N–H and O–H groups in total. The molecule has 0 atom stereocenters. The van der Waals surface area contributed by atoms with Crippen molar-refractivity contribution in [3.8, 4) is 5.69 Å². The van der Waals surface area contributed by atoms with Gasteiger partial charge in [-0.1, -0.05) is 24.3 Å². The molecule has 0 radical (unpaired) electrons. The first-order chi connectivity index (χ1) is 14.8. The lowest BCUT2D eigenvalue weighted by molar-refractivity contribution is 0.600. The standard InChI is InChI=1S/C22H26FN5O2S/c1-3-24-22(25-14-18-13-19(23)10-9-17(18)16-31(2,29)30)26-15-20-11-12-28(27-20)21-7-5-4-6-8-21/h4-13H,3,14-16H2,1-2H3,(H2,24,25,26). The van der Waals surface area contributed by atoms with Gasteiger partial charge in [-0.25, -0.2) is 22.5 Å². The van der Waals surface area contributed by atoms with Crippen LogP contribution in [0.4, 0.5) is 4.39 Å². The van der Waals surface area contributed by atoms with Crippen LogP contribution < -0.4 is 10.6 Å². The molecule has 0 aliphatic rings. The van der Waals surface area contributed by atoms with Gasteiger partial charge in [0, 0.05) is 19.0 Å². The molecule has 3 rings (SSSR count). The molecular weight excluding hydrogens is 417 g/mol. The highest BCUT2D eigenvalue weighted by atomic mass is 32.2. The summed E-state index contributed by atoms with van der Waals surface area (Å²) in [6.07, 6.45) is 3.05. The molecule has 31 heavy (non-hydrogen) atoms. The van der Waals surface area contributed by atoms with E-state index in [0.717, 1.165) is 17.6 Å². The number of nitrogens with one attached hydrogen (secondary N) is 2. The fourth-order valence-electron chi connectivity index (χ4n) is 3.03. The summed E-state index contributed by atoms with van der Waals surface area (Å²) in [6.45, 7) is 3.18. The van der Waals surface area contributed by atoms with E-state index in [9.17, 15) is 12.8 Å². The first kappa shape index (κ1) is 22.5. The monoisotopic (exact) mass is 443 g/mol. The SMILES string of the molecule is CCNC(=NCc1cc(F)ccc1CS(C)(=O)=O)NCc1ccn(-c2ccccc2)n1. The van der Waals surface area contributed by atoms with Crippen LogP contribution in [0.25, 0.3) is 5.69 Å². The van der Waals surface area contributed by atoms with E-state index in [1.54, 1.807) is 4.68 Å². The van der Waals surface area contributed by atoms with Crippen molar-refractivity contribution in [2.75, 3.05) is 12.8 Å². The van der Waals surface area contributed by atoms with E-state index in [2.05, 4.69) is 20.7 Å². The maximum Gasteiger partial charge on any atom is 0.191 e. The molecule has 0 unspecified atom stereocenters. The number of hydrogen-bond acceptors (Lipinski definition) is 4. The average Bonchev–Trinajstić information content (AvgIpc) is 3.20. The Kier molecular flexibility index (Phi) is 7.41. The fraction of sp³-hybridized carbons (Fsp3) is 0.273. The minimum Gasteiger partial charge on any atom is -0.357 e. The Hall–Kier alpha value is -3.20. The van der Waals surface area contributed by atoms with E-state index in [4.69, 9.17) is 0 Å². The lowest BCUT2D eigenvalue weighted by Crippen LogP contribution is -2.37. The summed E-state index contributed by atoms with van der Waals surface area (Å²) in [7, 11) is -3.24. The van der Waals surface area contributed by atoms with Crippen LogP contribution in [-0.4, -0.2) is 37.0 Å². The number of guanidine groups is 1. The van der Waals surface area contributed by atoms with Crippen LogP contribution in [0.15, 0.2) is 65.8 Å². The maximum absolute atomic E-state index is 13.7. The van der Waals surface area contributed by atoms with Gasteiger partial charge in [-0.2, -0.15) is 5.10 Å². The minimum atomic E-state index is -3.24. The van der Waals surface area contributed by atoms with E-state index in [-0.39, 0.29) is 12.3 Å². The number of halogens is 1. The van der Waals surface area contributed by atoms with Gasteiger partial charge in [0.2, 0.25) is 0 Å². The van der Waals surface area contributed by atoms with E-state index in [1.165, 1.54) is 18.2 Å². The van der Waals surface area contributed by atoms with Crippen molar-refractivity contribution in [1.29, 1.82) is 0 Å². The van der Waals surface area contributed by atoms with Gasteiger partial charge in [0.1, 0.15) is 5.82 Å². The number of hydrogen-bond donors (Lipinski definition) is 2. The number of para-hydroxylation sites is 1. The van der Waals surface area contributed by atoms with Crippen LogP contribution in [0, 0.1) is 5.82 Å². The van der Waals surface area contributed by atoms with Crippen LogP contribution in [0.1, 0.15) is 23.7 Å². The number of nitrogens with zero attached hydrogens (tertiary/aromatic N) is 3. The van der Waals surface area contributed by atoms with Gasteiger partial charge in [-0.15, -0.1) is 0 Å². The van der Waals surface area contributed by atoms with Gasteiger partial charge in [0.15, 0.2) is 15.8 Å². The Morgan fingerprint density at radius 2 is 1.87 bits per heavy atom. The molecule has 7 nitrogen and oxygen atoms in total. The molecule has 2 aromatic carbocycles. The Bertz CT molecular complexity index is 1140. The molecule has 0 fully saturated rings. The van der Waals surface area contributed by atoms with Gasteiger partial charge in [0.25, 0.3) is 0 Å². The van der Waals surface area contributed by atoms with Crippen molar-refractivity contribution in [3.63, 3.8) is 0 Å². The Balaban J connectivity index is 1.70. The topological polar surface area (TPSA) is 88.4 Å². The maximum atomic E-state index is 13.7. The van der Waals surface area contributed by atoms with E-state index >= 15 is 0 Å². The smallest absolute Gasteiger partial charge is 0.191 e. The summed E-state index contributed by atoms with van der Waals surface area (Å²) in [5, 5.41) is 10.9. The van der Waals surface area contributed by atoms with Crippen molar-refractivity contribution in [2.45, 2.75) is 25.8 Å². The van der Waals surface area contributed by atoms with E-state index in [1.807, 2.05) is 49.5 Å². The van der Waals surface area contributed by atoms with E-state index in [0.29, 0.717) is 30.2 Å². The van der Waals surface area contributed by atoms with Crippen molar-refractivity contribution < 1.29 is 12.8 Å². The molecule has 9 heteroatoms. The summed E-state index contributed by atoms with van der Waals surface area (Å²) < 4.78 is 38.9. The number of rotatable bonds is 8. The average molecular weight is 444 g/mol. The highest BCUT2D eigenvalue weighted by Crippen LogP contribution is 2.15. The summed E-state index contributed by atoms with van der Waals surface area (Å²) in [5.41, 5.74) is 2.89. The molecule has 1 aromatic heterocycles. The predicted molar refractivity (Wildman–Crippen MR) is 120 cm³/mol. The third-order valence-corrected chi connectivity index (χ3v) is 5.28. The first-order valence-corrected chi connectivity index (χ1v) is 12.0. The van der Waals surface area contributed by atoms with Gasteiger partial charge in [-0.05, 0) is 48.4 Å². The number of sulfone groups is 1. The number of benzene rings is 2. The molecule has 3 aromatic rings. The fourth-order valence-corrected chi connectivity index (χ4v) is 3.87. The largest absolute Gasteiger partial charge is 0.357 e. The van der Waals surface area contributed by atoms with Gasteiger partial charge < -0.3 is 10.6 Å². The Morgan fingerprint density at radius 1 is 1.10 bits per heavy atom. The van der Waals surface area contributed by atoms with Crippen molar-refractivity contribution in [1.82, 2.24) is 20.4 Å². The van der Waals surface area contributed by atoms with Gasteiger partial charge >= 0.3 is 0 Å². The second-order valence-electron chi connectivity index (χ2n) is 7.12. The zero-order valence-electron chi connectivity index (χ0n) is 17.5. The first-order valence-electron chi connectivity index (χ1n) is 9.91. The summed E-state index contributed by atoms with van der Waals surface area (Å²) in [4.78, 5) is 4.49. The molecule has 0 bridgehead atoms. The third kappa shape index (κ3) is 6.92. The highest BCUT2D eigenvalue weighted by molar-refractivity contribution is 7.89. The second kappa shape index (κ2) is 10.2. The normalized spacial score (nSPS) is 12.0. The predicted octanol–water partition coefficient (Wildman–Crippen LogP) is 2.81. The quantitative estimate of drug-likeness (QED) is 0.413. The minimum absolute atomic E-state index is 0.149. The number of aromatic nitrogens is 2.